The molecule has 2 unspecified atom stereocenters. The summed E-state index contributed by atoms with van der Waals surface area (Å²) < 4.78 is 19.3. The average molecular weight is 294 g/mol. The van der Waals surface area contributed by atoms with E-state index in [0.717, 1.165) is 12.0 Å². The van der Waals surface area contributed by atoms with E-state index in [0.29, 0.717) is 18.4 Å². The van der Waals surface area contributed by atoms with Gasteiger partial charge in [0.15, 0.2) is 0 Å². The smallest absolute Gasteiger partial charge is 0.126 e. The van der Waals surface area contributed by atoms with Gasteiger partial charge in [0.1, 0.15) is 11.6 Å². The number of halogens is 1. The van der Waals surface area contributed by atoms with Crippen LogP contribution in [0.5, 0.6) is 5.75 Å². The largest absolute Gasteiger partial charge is 0.493 e. The van der Waals surface area contributed by atoms with Gasteiger partial charge < -0.3 is 15.0 Å². The molecule has 1 aliphatic rings. The fraction of sp³-hybridized carbons (Fsp3) is 0.647. The van der Waals surface area contributed by atoms with Crippen LogP contribution in [-0.4, -0.2) is 38.2 Å². The van der Waals surface area contributed by atoms with Crippen LogP contribution in [0.1, 0.15) is 44.2 Å². The Bertz CT molecular complexity index is 452. The summed E-state index contributed by atoms with van der Waals surface area (Å²) in [4.78, 5) is 2.41. The lowest BCUT2D eigenvalue weighted by Gasteiger charge is -2.32. The zero-order chi connectivity index (χ0) is 15.2. The minimum atomic E-state index is -0.244. The second-order valence-corrected chi connectivity index (χ2v) is 5.96. The van der Waals surface area contributed by atoms with Gasteiger partial charge in [0.2, 0.25) is 0 Å². The summed E-state index contributed by atoms with van der Waals surface area (Å²) >= 11 is 0. The van der Waals surface area contributed by atoms with E-state index in [1.807, 2.05) is 7.05 Å². The van der Waals surface area contributed by atoms with Gasteiger partial charge in [0, 0.05) is 23.7 Å². The molecule has 1 heterocycles. The topological polar surface area (TPSA) is 24.5 Å². The molecule has 4 heteroatoms. The highest BCUT2D eigenvalue weighted by atomic mass is 19.1. The number of ether oxygens (including phenoxy) is 1. The number of benzene rings is 1. The maximum Gasteiger partial charge on any atom is 0.126 e. The van der Waals surface area contributed by atoms with Crippen LogP contribution in [-0.2, 0) is 0 Å². The van der Waals surface area contributed by atoms with Crippen molar-refractivity contribution < 1.29 is 9.13 Å². The summed E-state index contributed by atoms with van der Waals surface area (Å²) in [6.45, 7) is 3.86. The maximum absolute atomic E-state index is 13.4. The molecule has 0 bridgehead atoms. The molecule has 118 valence electrons. The lowest BCUT2D eigenvalue weighted by Crippen LogP contribution is -2.37. The first kappa shape index (κ1) is 16.2. The lowest BCUT2D eigenvalue weighted by molar-refractivity contribution is 0.152. The van der Waals surface area contributed by atoms with Crippen molar-refractivity contribution in [2.75, 3.05) is 27.2 Å². The maximum atomic E-state index is 13.4. The standard InChI is InChI=1S/C17H27FN2O/c1-13(19-2)16-8-7-14(18)12-17(16)21-11-9-15-6-4-5-10-20(15)3/h7-8,12-13,15,19H,4-6,9-11H2,1-3H3. The number of rotatable bonds is 6. The van der Waals surface area contributed by atoms with Gasteiger partial charge in [-0.1, -0.05) is 12.5 Å². The number of hydrogen-bond donors (Lipinski definition) is 1. The minimum absolute atomic E-state index is 0.151. The lowest BCUT2D eigenvalue weighted by atomic mass is 10.0. The number of likely N-dealkylation sites (tertiary alicyclic amines) is 1. The predicted octanol–water partition coefficient (Wildman–Crippen LogP) is 3.36. The highest BCUT2D eigenvalue weighted by molar-refractivity contribution is 5.36. The molecular formula is C17H27FN2O. The van der Waals surface area contributed by atoms with E-state index >= 15 is 0 Å². The Labute approximate surface area is 127 Å². The third kappa shape index (κ3) is 4.42. The molecule has 1 fully saturated rings. The summed E-state index contributed by atoms with van der Waals surface area (Å²) in [5.41, 5.74) is 1.01. The molecule has 3 nitrogen and oxygen atoms in total. The van der Waals surface area contributed by atoms with Crippen molar-refractivity contribution in [1.29, 1.82) is 0 Å². The summed E-state index contributed by atoms with van der Waals surface area (Å²) in [5.74, 6) is 0.419. The number of piperidine rings is 1. The van der Waals surface area contributed by atoms with Crippen LogP contribution in [0, 0.1) is 5.82 Å². The summed E-state index contributed by atoms with van der Waals surface area (Å²) in [6.07, 6.45) is 4.84. The number of nitrogens with zero attached hydrogens (tertiary/aromatic N) is 1. The molecule has 1 N–H and O–H groups in total. The molecule has 1 aromatic carbocycles. The molecule has 0 amide bonds. The molecule has 1 saturated heterocycles. The fourth-order valence-electron chi connectivity index (χ4n) is 2.96. The third-order valence-electron chi connectivity index (χ3n) is 4.51. The normalized spacial score (nSPS) is 21.2. The molecule has 0 radical (unpaired) electrons. The van der Waals surface area contributed by atoms with Crippen molar-refractivity contribution >= 4 is 0 Å². The molecule has 21 heavy (non-hydrogen) atoms. The van der Waals surface area contributed by atoms with Crippen LogP contribution in [0.3, 0.4) is 0 Å². The van der Waals surface area contributed by atoms with E-state index in [-0.39, 0.29) is 11.9 Å². The van der Waals surface area contributed by atoms with Gasteiger partial charge >= 0.3 is 0 Å². The molecule has 0 aliphatic carbocycles. The quantitative estimate of drug-likeness (QED) is 0.870. The van der Waals surface area contributed by atoms with Crippen molar-refractivity contribution in [1.82, 2.24) is 10.2 Å². The first-order valence-corrected chi connectivity index (χ1v) is 7.91. The van der Waals surface area contributed by atoms with Crippen LogP contribution in [0.25, 0.3) is 0 Å². The van der Waals surface area contributed by atoms with Gasteiger partial charge in [0.05, 0.1) is 6.61 Å². The van der Waals surface area contributed by atoms with Gasteiger partial charge in [-0.3, -0.25) is 0 Å². The number of nitrogens with one attached hydrogen (secondary N) is 1. The van der Waals surface area contributed by atoms with E-state index in [4.69, 9.17) is 4.74 Å². The Morgan fingerprint density at radius 3 is 2.95 bits per heavy atom. The van der Waals surface area contributed by atoms with Crippen LogP contribution in [0.4, 0.5) is 4.39 Å². The van der Waals surface area contributed by atoms with Crippen LogP contribution < -0.4 is 10.1 Å². The highest BCUT2D eigenvalue weighted by Crippen LogP contribution is 2.26. The Hall–Kier alpha value is -1.13. The van der Waals surface area contributed by atoms with Crippen molar-refractivity contribution in [2.24, 2.45) is 0 Å². The Kier molecular flexibility index (Phi) is 6.00. The van der Waals surface area contributed by atoms with E-state index in [9.17, 15) is 4.39 Å². The molecular weight excluding hydrogens is 267 g/mol. The zero-order valence-corrected chi connectivity index (χ0v) is 13.4. The van der Waals surface area contributed by atoms with E-state index in [1.54, 1.807) is 6.07 Å². The first-order chi connectivity index (χ1) is 10.1. The monoisotopic (exact) mass is 294 g/mol. The molecule has 0 aromatic heterocycles. The Morgan fingerprint density at radius 1 is 1.43 bits per heavy atom. The van der Waals surface area contributed by atoms with Gasteiger partial charge in [-0.05, 0) is 52.9 Å². The summed E-state index contributed by atoms with van der Waals surface area (Å²) in [7, 11) is 4.08. The van der Waals surface area contributed by atoms with Gasteiger partial charge in [0.25, 0.3) is 0 Å². The average Bonchev–Trinajstić information content (AvgIpc) is 2.48. The second kappa shape index (κ2) is 7.76. The molecule has 1 aliphatic heterocycles. The molecule has 2 atom stereocenters. The predicted molar refractivity (Wildman–Crippen MR) is 84.3 cm³/mol. The molecule has 1 aromatic rings. The van der Waals surface area contributed by atoms with E-state index in [2.05, 4.69) is 24.2 Å². The minimum Gasteiger partial charge on any atom is -0.493 e. The third-order valence-corrected chi connectivity index (χ3v) is 4.51. The Morgan fingerprint density at radius 2 is 2.24 bits per heavy atom. The highest BCUT2D eigenvalue weighted by Gasteiger charge is 2.19. The van der Waals surface area contributed by atoms with Crippen LogP contribution >= 0.6 is 0 Å². The van der Waals surface area contributed by atoms with Gasteiger partial charge in [-0.15, -0.1) is 0 Å². The van der Waals surface area contributed by atoms with Gasteiger partial charge in [-0.2, -0.15) is 0 Å². The van der Waals surface area contributed by atoms with Crippen LogP contribution in [0.2, 0.25) is 0 Å². The Balaban J connectivity index is 1.94. The zero-order valence-electron chi connectivity index (χ0n) is 13.4. The van der Waals surface area contributed by atoms with Gasteiger partial charge in [-0.25, -0.2) is 4.39 Å². The van der Waals surface area contributed by atoms with Crippen molar-refractivity contribution in [3.8, 4) is 5.75 Å². The van der Waals surface area contributed by atoms with Crippen molar-refractivity contribution in [3.63, 3.8) is 0 Å². The number of hydrogen-bond acceptors (Lipinski definition) is 3. The van der Waals surface area contributed by atoms with E-state index < -0.39 is 0 Å². The first-order valence-electron chi connectivity index (χ1n) is 7.91. The van der Waals surface area contributed by atoms with Crippen molar-refractivity contribution in [2.45, 2.75) is 44.7 Å². The van der Waals surface area contributed by atoms with Crippen LogP contribution in [0.15, 0.2) is 18.2 Å². The molecule has 0 saturated carbocycles. The second-order valence-electron chi connectivity index (χ2n) is 5.96. The van der Waals surface area contributed by atoms with E-state index in [1.165, 1.54) is 37.9 Å². The molecule has 0 spiro atoms. The summed E-state index contributed by atoms with van der Waals surface area (Å²) in [5, 5.41) is 3.18. The SMILES string of the molecule is CNC(C)c1ccc(F)cc1OCCC1CCCCN1C. The fourth-order valence-corrected chi connectivity index (χ4v) is 2.96. The summed E-state index contributed by atoms with van der Waals surface area (Å²) in [6, 6.07) is 5.53. The molecule has 2 rings (SSSR count). The van der Waals surface area contributed by atoms with Crippen molar-refractivity contribution in [3.05, 3.63) is 29.6 Å².